The van der Waals surface area contributed by atoms with Crippen molar-refractivity contribution in [3.63, 3.8) is 0 Å². The average Bonchev–Trinajstić information content (AvgIpc) is 2.89. The highest BCUT2D eigenvalue weighted by molar-refractivity contribution is 7.91. The topological polar surface area (TPSA) is 122 Å². The van der Waals surface area contributed by atoms with Gasteiger partial charge in [-0.2, -0.15) is 0 Å². The third-order valence-corrected chi connectivity index (χ3v) is 8.14. The van der Waals surface area contributed by atoms with Crippen molar-refractivity contribution in [2.75, 3.05) is 10.6 Å². The number of halogens is 1. The molecule has 0 spiro atoms. The number of hydrogen-bond acceptors (Lipinski definition) is 6. The van der Waals surface area contributed by atoms with Crippen molar-refractivity contribution in [3.8, 4) is 11.5 Å². The Morgan fingerprint density at radius 3 is 2.33 bits per heavy atom. The van der Waals surface area contributed by atoms with Crippen LogP contribution in [0.1, 0.15) is 25.8 Å². The molecule has 8 nitrogen and oxygen atoms in total. The summed E-state index contributed by atoms with van der Waals surface area (Å²) in [7, 11) is -3.82. The van der Waals surface area contributed by atoms with Crippen molar-refractivity contribution in [3.05, 3.63) is 83.4 Å². The molecule has 1 unspecified atom stereocenters. The fraction of sp³-hybridized carbons (Fsp3) is 0.172. The number of rotatable bonds is 8. The van der Waals surface area contributed by atoms with Gasteiger partial charge >= 0.3 is 0 Å². The summed E-state index contributed by atoms with van der Waals surface area (Å²) < 4.78 is 33.0. The number of aryl methyl sites for hydroxylation is 1. The first-order valence-corrected chi connectivity index (χ1v) is 14.0. The number of sulfone groups is 1. The standard InChI is InChI=1S/C29H27ClN2O6S/c1-4-26(29(35)32-23-16-25(34)24(15-22(23)30)31-18(3)33)38-27-12-13-28(21-11-6-5-10-20(21)27)39(36,37)19-9-7-8-17(2)14-19/h5-16,26,34H,4H2,1-3H3,(H,31,33)(H,32,35). The van der Waals surface area contributed by atoms with Gasteiger partial charge in [0, 0.05) is 23.8 Å². The van der Waals surface area contributed by atoms with Crippen LogP contribution in [0.25, 0.3) is 10.8 Å². The van der Waals surface area contributed by atoms with Crippen molar-refractivity contribution >= 4 is 55.4 Å². The maximum Gasteiger partial charge on any atom is 0.265 e. The normalized spacial score (nSPS) is 12.1. The number of carbonyl (C=O) groups is 2. The van der Waals surface area contributed by atoms with Gasteiger partial charge in [0.1, 0.15) is 11.5 Å². The highest BCUT2D eigenvalue weighted by atomic mass is 35.5. The number of phenols is 1. The lowest BCUT2D eigenvalue weighted by molar-refractivity contribution is -0.122. The molecule has 0 aliphatic heterocycles. The van der Waals surface area contributed by atoms with Crippen molar-refractivity contribution in [2.24, 2.45) is 0 Å². The van der Waals surface area contributed by atoms with Crippen LogP contribution in [0.15, 0.2) is 82.6 Å². The minimum absolute atomic E-state index is 0.107. The van der Waals surface area contributed by atoms with Crippen LogP contribution < -0.4 is 15.4 Å². The molecule has 0 saturated heterocycles. The number of anilines is 2. The molecule has 0 fully saturated rings. The third-order valence-electron chi connectivity index (χ3n) is 6.02. The van der Waals surface area contributed by atoms with E-state index in [9.17, 15) is 23.1 Å². The van der Waals surface area contributed by atoms with E-state index in [2.05, 4.69) is 10.6 Å². The predicted molar refractivity (Wildman–Crippen MR) is 151 cm³/mol. The van der Waals surface area contributed by atoms with E-state index in [1.807, 2.05) is 13.0 Å². The summed E-state index contributed by atoms with van der Waals surface area (Å²) in [6.45, 7) is 4.89. The molecule has 2 amide bonds. The molecule has 0 saturated carbocycles. The molecule has 3 N–H and O–H groups in total. The molecular formula is C29H27ClN2O6S. The molecular weight excluding hydrogens is 540 g/mol. The van der Waals surface area contributed by atoms with Gasteiger partial charge in [0.2, 0.25) is 15.7 Å². The molecule has 4 rings (SSSR count). The summed E-state index contributed by atoms with van der Waals surface area (Å²) in [5.41, 5.74) is 1.08. The summed E-state index contributed by atoms with van der Waals surface area (Å²) in [6, 6.07) is 19.2. The van der Waals surface area contributed by atoms with Gasteiger partial charge in [0.05, 0.1) is 26.2 Å². The Kier molecular flexibility index (Phi) is 8.13. The van der Waals surface area contributed by atoms with E-state index in [1.165, 1.54) is 25.1 Å². The molecule has 39 heavy (non-hydrogen) atoms. The van der Waals surface area contributed by atoms with Gasteiger partial charge in [-0.05, 0) is 49.2 Å². The lowest BCUT2D eigenvalue weighted by atomic mass is 10.1. The molecule has 10 heteroatoms. The minimum Gasteiger partial charge on any atom is -0.506 e. The fourth-order valence-corrected chi connectivity index (χ4v) is 5.90. The summed E-state index contributed by atoms with van der Waals surface area (Å²) in [4.78, 5) is 24.7. The SMILES string of the molecule is CCC(Oc1ccc(S(=O)(=O)c2cccc(C)c2)c2ccccc12)C(=O)Nc1cc(O)c(NC(C)=O)cc1Cl. The first-order valence-electron chi connectivity index (χ1n) is 12.1. The minimum atomic E-state index is -3.82. The first kappa shape index (κ1) is 27.9. The number of phenolic OH excluding ortho intramolecular Hbond substituents is 1. The van der Waals surface area contributed by atoms with Gasteiger partial charge < -0.3 is 20.5 Å². The number of fused-ring (bicyclic) bond motifs is 1. The predicted octanol–water partition coefficient (Wildman–Crippen LogP) is 6.09. The van der Waals surface area contributed by atoms with Gasteiger partial charge in [-0.3, -0.25) is 9.59 Å². The largest absolute Gasteiger partial charge is 0.506 e. The monoisotopic (exact) mass is 566 g/mol. The summed E-state index contributed by atoms with van der Waals surface area (Å²) in [5.74, 6) is -0.838. The van der Waals surface area contributed by atoms with E-state index in [0.29, 0.717) is 16.5 Å². The van der Waals surface area contributed by atoms with Crippen LogP contribution in [-0.4, -0.2) is 31.4 Å². The quantitative estimate of drug-likeness (QED) is 0.222. The Bertz CT molecular complexity index is 1690. The van der Waals surface area contributed by atoms with Crippen molar-refractivity contribution in [1.82, 2.24) is 0 Å². The lowest BCUT2D eigenvalue weighted by Gasteiger charge is -2.20. The highest BCUT2D eigenvalue weighted by Gasteiger charge is 2.25. The van der Waals surface area contributed by atoms with E-state index >= 15 is 0 Å². The van der Waals surface area contributed by atoms with Crippen LogP contribution in [0.3, 0.4) is 0 Å². The zero-order chi connectivity index (χ0) is 28.3. The van der Waals surface area contributed by atoms with Crippen molar-refractivity contribution in [1.29, 1.82) is 0 Å². The second-order valence-corrected chi connectivity index (χ2v) is 11.3. The molecule has 0 heterocycles. The van der Waals surface area contributed by atoms with Gasteiger partial charge in [0.25, 0.3) is 5.91 Å². The zero-order valence-electron chi connectivity index (χ0n) is 21.5. The zero-order valence-corrected chi connectivity index (χ0v) is 23.1. The first-order chi connectivity index (χ1) is 18.5. The number of carbonyl (C=O) groups excluding carboxylic acids is 2. The Morgan fingerprint density at radius 1 is 0.949 bits per heavy atom. The molecule has 0 aliphatic rings. The van der Waals surface area contributed by atoms with Crippen LogP contribution in [-0.2, 0) is 19.4 Å². The van der Waals surface area contributed by atoms with E-state index in [1.54, 1.807) is 55.5 Å². The number of nitrogens with one attached hydrogen (secondary N) is 2. The Hall–Kier alpha value is -4.08. The van der Waals surface area contributed by atoms with E-state index in [4.69, 9.17) is 16.3 Å². The van der Waals surface area contributed by atoms with E-state index in [0.717, 1.165) is 5.56 Å². The Labute approximate surface area is 231 Å². The van der Waals surface area contributed by atoms with E-state index < -0.39 is 21.8 Å². The molecule has 202 valence electrons. The van der Waals surface area contributed by atoms with Crippen LogP contribution in [0.5, 0.6) is 11.5 Å². The van der Waals surface area contributed by atoms with Crippen LogP contribution >= 0.6 is 11.6 Å². The molecule has 0 aromatic heterocycles. The third kappa shape index (κ3) is 6.00. The Balaban J connectivity index is 1.64. The number of amides is 2. The van der Waals surface area contributed by atoms with E-state index in [-0.39, 0.29) is 44.3 Å². The number of hydrogen-bond donors (Lipinski definition) is 3. The molecule has 0 aliphatic carbocycles. The highest BCUT2D eigenvalue weighted by Crippen LogP contribution is 2.36. The maximum atomic E-state index is 13.5. The van der Waals surface area contributed by atoms with Gasteiger partial charge in [-0.1, -0.05) is 54.9 Å². The second kappa shape index (κ2) is 11.3. The lowest BCUT2D eigenvalue weighted by Crippen LogP contribution is -2.32. The Morgan fingerprint density at radius 2 is 1.67 bits per heavy atom. The van der Waals surface area contributed by atoms with Crippen LogP contribution in [0.2, 0.25) is 5.02 Å². The van der Waals surface area contributed by atoms with Crippen molar-refractivity contribution < 1.29 is 27.9 Å². The molecule has 0 bridgehead atoms. The van der Waals surface area contributed by atoms with Crippen LogP contribution in [0.4, 0.5) is 11.4 Å². The van der Waals surface area contributed by atoms with Crippen molar-refractivity contribution in [2.45, 2.75) is 43.1 Å². The molecule has 0 radical (unpaired) electrons. The summed E-state index contributed by atoms with van der Waals surface area (Å²) >= 11 is 6.26. The van der Waals surface area contributed by atoms with Gasteiger partial charge in [-0.15, -0.1) is 0 Å². The molecule has 1 atom stereocenters. The summed E-state index contributed by atoms with van der Waals surface area (Å²) in [5, 5.41) is 16.4. The van der Waals surface area contributed by atoms with Gasteiger partial charge in [0.15, 0.2) is 6.10 Å². The number of aromatic hydroxyl groups is 1. The second-order valence-electron chi connectivity index (χ2n) is 8.96. The van der Waals surface area contributed by atoms with Crippen LogP contribution in [0, 0.1) is 6.92 Å². The molecule has 4 aromatic carbocycles. The number of ether oxygens (including phenoxy) is 1. The maximum absolute atomic E-state index is 13.5. The average molecular weight is 567 g/mol. The smallest absolute Gasteiger partial charge is 0.265 e. The molecule has 4 aromatic rings. The summed E-state index contributed by atoms with van der Waals surface area (Å²) in [6.07, 6.45) is -0.669. The number of benzene rings is 4. The fourth-order valence-electron chi connectivity index (χ4n) is 4.13. The van der Waals surface area contributed by atoms with Gasteiger partial charge in [-0.25, -0.2) is 8.42 Å².